The summed E-state index contributed by atoms with van der Waals surface area (Å²) in [6.07, 6.45) is 2.55. The van der Waals surface area contributed by atoms with Gasteiger partial charge in [0.15, 0.2) is 11.6 Å². The highest BCUT2D eigenvalue weighted by atomic mass is 16.2. The van der Waals surface area contributed by atoms with Crippen molar-refractivity contribution in [1.82, 2.24) is 5.32 Å². The smallest absolute Gasteiger partial charge is 0.229 e. The van der Waals surface area contributed by atoms with Gasteiger partial charge in [-0.15, -0.1) is 0 Å². The van der Waals surface area contributed by atoms with Crippen LogP contribution in [0.4, 0.5) is 5.69 Å². The lowest BCUT2D eigenvalue weighted by atomic mass is 9.55. The van der Waals surface area contributed by atoms with Crippen LogP contribution in [0.2, 0.25) is 0 Å². The molecule has 1 atom stereocenters. The predicted octanol–water partition coefficient (Wildman–Crippen LogP) is 1.68. The number of carbonyl (C=O) groups excluding carboxylic acids is 5. The number of benzene rings is 1. The molecule has 1 unspecified atom stereocenters. The first-order valence-electron chi connectivity index (χ1n) is 10.2. The number of nitrogens with one attached hydrogen (secondary N) is 1. The van der Waals surface area contributed by atoms with E-state index < -0.39 is 5.41 Å². The number of nitrogens with zero attached hydrogens (tertiary/aromatic N) is 1. The minimum absolute atomic E-state index is 0.0436. The first-order chi connectivity index (χ1) is 13.9. The number of piperidine rings is 2. The molecule has 0 radical (unpaired) electrons. The molecule has 29 heavy (non-hydrogen) atoms. The summed E-state index contributed by atoms with van der Waals surface area (Å²) in [4.78, 5) is 63.3. The average Bonchev–Trinajstić information content (AvgIpc) is 2.89. The Hall–Kier alpha value is -2.83. The van der Waals surface area contributed by atoms with Crippen LogP contribution in [0.15, 0.2) is 18.2 Å². The highest BCUT2D eigenvalue weighted by Gasteiger charge is 2.62. The Balaban J connectivity index is 1.35. The van der Waals surface area contributed by atoms with Gasteiger partial charge in [-0.05, 0) is 43.4 Å². The molecule has 1 aromatic rings. The van der Waals surface area contributed by atoms with Crippen molar-refractivity contribution >= 4 is 34.9 Å². The summed E-state index contributed by atoms with van der Waals surface area (Å²) in [5.74, 6) is -0.910. The van der Waals surface area contributed by atoms with E-state index in [0.717, 1.165) is 5.69 Å². The van der Waals surface area contributed by atoms with E-state index in [9.17, 15) is 24.0 Å². The van der Waals surface area contributed by atoms with Crippen molar-refractivity contribution in [2.75, 3.05) is 18.0 Å². The van der Waals surface area contributed by atoms with Gasteiger partial charge >= 0.3 is 0 Å². The molecule has 1 spiro atoms. The molecule has 1 N–H and O–H groups in total. The van der Waals surface area contributed by atoms with E-state index in [1.807, 2.05) is 6.07 Å². The van der Waals surface area contributed by atoms with Crippen molar-refractivity contribution in [2.45, 2.75) is 38.5 Å². The number of amides is 2. The van der Waals surface area contributed by atoms with E-state index in [1.54, 1.807) is 12.1 Å². The molecule has 1 saturated carbocycles. The number of ketones is 3. The fourth-order valence-corrected chi connectivity index (χ4v) is 5.40. The maximum Gasteiger partial charge on any atom is 0.229 e. The van der Waals surface area contributed by atoms with Gasteiger partial charge in [-0.25, -0.2) is 0 Å². The molecular formula is C22H22N2O5. The lowest BCUT2D eigenvalue weighted by Gasteiger charge is -2.46. The number of carbonyl (C=O) groups is 5. The molecule has 2 aliphatic heterocycles. The number of anilines is 1. The molecular weight excluding hydrogens is 372 g/mol. The second-order valence-corrected chi connectivity index (χ2v) is 8.72. The highest BCUT2D eigenvalue weighted by molar-refractivity contribution is 6.30. The van der Waals surface area contributed by atoms with E-state index in [2.05, 4.69) is 10.2 Å². The van der Waals surface area contributed by atoms with Gasteiger partial charge in [0.05, 0.1) is 5.41 Å². The molecule has 2 amide bonds. The fraction of sp³-hybridized carbons (Fsp3) is 0.500. The molecule has 0 aromatic heterocycles. The molecule has 1 aromatic carbocycles. The van der Waals surface area contributed by atoms with Crippen molar-refractivity contribution in [3.63, 3.8) is 0 Å². The summed E-state index contributed by atoms with van der Waals surface area (Å²) in [7, 11) is 0. The van der Waals surface area contributed by atoms with Gasteiger partial charge in [-0.2, -0.15) is 0 Å². The van der Waals surface area contributed by atoms with Gasteiger partial charge < -0.3 is 4.90 Å². The molecule has 150 valence electrons. The van der Waals surface area contributed by atoms with Crippen molar-refractivity contribution in [3.05, 3.63) is 29.3 Å². The van der Waals surface area contributed by atoms with Crippen molar-refractivity contribution in [3.8, 4) is 0 Å². The maximum absolute atomic E-state index is 13.2. The van der Waals surface area contributed by atoms with E-state index in [4.69, 9.17) is 0 Å². The van der Waals surface area contributed by atoms with Gasteiger partial charge in [-0.3, -0.25) is 29.3 Å². The molecule has 5 rings (SSSR count). The molecule has 7 heteroatoms. The highest BCUT2D eigenvalue weighted by Crippen LogP contribution is 2.57. The lowest BCUT2D eigenvalue weighted by molar-refractivity contribution is -0.139. The van der Waals surface area contributed by atoms with Crippen LogP contribution < -0.4 is 10.2 Å². The summed E-state index contributed by atoms with van der Waals surface area (Å²) >= 11 is 0. The van der Waals surface area contributed by atoms with E-state index in [1.165, 1.54) is 0 Å². The van der Waals surface area contributed by atoms with Crippen molar-refractivity contribution < 1.29 is 24.0 Å². The number of imide groups is 1. The zero-order valence-corrected chi connectivity index (χ0v) is 16.0. The largest absolute Gasteiger partial charge is 0.371 e. The monoisotopic (exact) mass is 394 g/mol. The average molecular weight is 394 g/mol. The van der Waals surface area contributed by atoms with Crippen LogP contribution in [-0.4, -0.2) is 42.3 Å². The van der Waals surface area contributed by atoms with Gasteiger partial charge in [-0.1, -0.05) is 0 Å². The summed E-state index contributed by atoms with van der Waals surface area (Å²) < 4.78 is 0. The first-order valence-corrected chi connectivity index (χ1v) is 10.2. The Kier molecular flexibility index (Phi) is 3.98. The third-order valence-electron chi connectivity index (χ3n) is 7.12. The van der Waals surface area contributed by atoms with Gasteiger partial charge in [0.25, 0.3) is 0 Å². The van der Waals surface area contributed by atoms with Crippen LogP contribution in [-0.2, 0) is 14.4 Å². The second-order valence-electron chi connectivity index (χ2n) is 8.72. The van der Waals surface area contributed by atoms with E-state index >= 15 is 0 Å². The fourth-order valence-electron chi connectivity index (χ4n) is 5.40. The lowest BCUT2D eigenvalue weighted by Crippen LogP contribution is -2.53. The van der Waals surface area contributed by atoms with Crippen molar-refractivity contribution in [1.29, 1.82) is 0 Å². The van der Waals surface area contributed by atoms with Gasteiger partial charge in [0.2, 0.25) is 11.8 Å². The second kappa shape index (κ2) is 6.34. The Morgan fingerprint density at radius 1 is 0.897 bits per heavy atom. The maximum atomic E-state index is 13.2. The summed E-state index contributed by atoms with van der Waals surface area (Å²) in [5, 5.41) is 2.37. The van der Waals surface area contributed by atoms with Crippen LogP contribution >= 0.6 is 0 Å². The number of rotatable bonds is 2. The van der Waals surface area contributed by atoms with Crippen LogP contribution in [0.1, 0.15) is 59.2 Å². The normalized spacial score (nSPS) is 31.7. The quantitative estimate of drug-likeness (QED) is 0.605. The number of fused-ring (bicyclic) bond motifs is 1. The first kappa shape index (κ1) is 18.2. The standard InChI is InChI=1S/C22H22N2O5/c25-14-5-7-24(8-6-14)13-1-2-16-17(9-13)20(28)22(19(16)27)10-12(11-22)15-3-4-18(26)23-21(15)29/h1-2,9,12,15H,3-8,10-11H2,(H,23,26,29). The molecule has 2 aliphatic carbocycles. The van der Waals surface area contributed by atoms with Gasteiger partial charge in [0.1, 0.15) is 5.78 Å². The molecule has 2 saturated heterocycles. The van der Waals surface area contributed by atoms with E-state index in [-0.39, 0.29) is 41.0 Å². The molecule has 4 aliphatic rings. The number of Topliss-reactive ketones (excluding diaryl/α,β-unsaturated/α-hetero) is 3. The Bertz CT molecular complexity index is 965. The molecule has 0 bridgehead atoms. The molecule has 3 fully saturated rings. The van der Waals surface area contributed by atoms with Crippen LogP contribution in [0.25, 0.3) is 0 Å². The van der Waals surface area contributed by atoms with Crippen LogP contribution in [0.5, 0.6) is 0 Å². The third-order valence-corrected chi connectivity index (χ3v) is 7.12. The number of hydrogen-bond donors (Lipinski definition) is 1. The SMILES string of the molecule is O=C1CCN(c2ccc3c(c2)C(=O)C2(CC(C4CCC(=O)NC4=O)C2)C3=O)CC1. The Labute approximate surface area is 167 Å². The minimum Gasteiger partial charge on any atom is -0.371 e. The van der Waals surface area contributed by atoms with Crippen LogP contribution in [0, 0.1) is 17.3 Å². The zero-order valence-electron chi connectivity index (χ0n) is 16.0. The van der Waals surface area contributed by atoms with Gasteiger partial charge in [0, 0.05) is 55.1 Å². The third kappa shape index (κ3) is 2.67. The van der Waals surface area contributed by atoms with E-state index in [0.29, 0.717) is 62.7 Å². The van der Waals surface area contributed by atoms with Crippen LogP contribution in [0.3, 0.4) is 0 Å². The summed E-state index contributed by atoms with van der Waals surface area (Å²) in [6, 6.07) is 5.38. The predicted molar refractivity (Wildman–Crippen MR) is 103 cm³/mol. The topological polar surface area (TPSA) is 101 Å². The molecule has 2 heterocycles. The Morgan fingerprint density at radius 2 is 1.59 bits per heavy atom. The zero-order chi connectivity index (χ0) is 20.3. The summed E-state index contributed by atoms with van der Waals surface area (Å²) in [5.41, 5.74) is 0.765. The summed E-state index contributed by atoms with van der Waals surface area (Å²) in [6.45, 7) is 1.25. The number of hydrogen-bond acceptors (Lipinski definition) is 6. The minimum atomic E-state index is -1.04. The molecule has 7 nitrogen and oxygen atoms in total. The Morgan fingerprint density at radius 3 is 2.28 bits per heavy atom. The van der Waals surface area contributed by atoms with Crippen molar-refractivity contribution in [2.24, 2.45) is 17.3 Å².